The van der Waals surface area contributed by atoms with Crippen LogP contribution in [-0.2, 0) is 11.5 Å². The highest BCUT2D eigenvalue weighted by Gasteiger charge is 2.40. The van der Waals surface area contributed by atoms with Crippen molar-refractivity contribution in [1.29, 1.82) is 0 Å². The number of ketones is 1. The van der Waals surface area contributed by atoms with E-state index in [1.54, 1.807) is 4.57 Å². The first kappa shape index (κ1) is 19.0. The molecule has 2 aromatic carbocycles. The Labute approximate surface area is 169 Å². The largest absolute Gasteiger partial charge is 0.506 e. The second-order valence-corrected chi connectivity index (χ2v) is 7.44. The molecule has 1 aliphatic carbocycles. The van der Waals surface area contributed by atoms with Gasteiger partial charge in [-0.05, 0) is 49.1 Å². The van der Waals surface area contributed by atoms with Gasteiger partial charge in [-0.2, -0.15) is 0 Å². The van der Waals surface area contributed by atoms with E-state index in [2.05, 4.69) is 6.58 Å². The fraction of sp³-hybridized carbons (Fsp3) is 0.160. The molecule has 3 aromatic rings. The van der Waals surface area contributed by atoms with Crippen LogP contribution in [0.5, 0.6) is 0 Å². The normalized spacial score (nSPS) is 15.7. The summed E-state index contributed by atoms with van der Waals surface area (Å²) < 4.78 is 1.74. The minimum atomic E-state index is -0.201. The van der Waals surface area contributed by atoms with Crippen LogP contribution < -0.4 is 0 Å². The molecule has 4 rings (SSSR count). The molecule has 0 spiro atoms. The Morgan fingerprint density at radius 2 is 1.72 bits per heavy atom. The molecule has 4 nitrogen and oxygen atoms in total. The maximum absolute atomic E-state index is 13.3. The molecular formula is C25H23NO3. The summed E-state index contributed by atoms with van der Waals surface area (Å²) in [5, 5.41) is 21.7. The number of carbonyl (C=O) groups excluding carboxylic acids is 1. The number of hydrogen-bond donors (Lipinski definition) is 2. The molecule has 0 saturated carbocycles. The van der Waals surface area contributed by atoms with E-state index in [1.165, 1.54) is 0 Å². The molecule has 0 unspecified atom stereocenters. The first-order valence-electron chi connectivity index (χ1n) is 9.52. The molecule has 2 N–H and O–H groups in total. The van der Waals surface area contributed by atoms with Gasteiger partial charge in [-0.1, -0.05) is 49.0 Å². The minimum Gasteiger partial charge on any atom is -0.506 e. The second kappa shape index (κ2) is 6.90. The van der Waals surface area contributed by atoms with Gasteiger partial charge < -0.3 is 14.8 Å². The number of aliphatic hydroxyl groups is 2. The van der Waals surface area contributed by atoms with Crippen LogP contribution in [0.25, 0.3) is 22.0 Å². The Bertz CT molecular complexity index is 1250. The quantitative estimate of drug-likeness (QED) is 0.615. The van der Waals surface area contributed by atoms with E-state index in [0.717, 1.165) is 33.3 Å². The lowest BCUT2D eigenvalue weighted by Crippen LogP contribution is -2.23. The second-order valence-electron chi connectivity index (χ2n) is 7.44. The van der Waals surface area contributed by atoms with Crippen molar-refractivity contribution in [1.82, 2.24) is 4.57 Å². The van der Waals surface area contributed by atoms with Crippen molar-refractivity contribution >= 4 is 27.8 Å². The maximum Gasteiger partial charge on any atom is 0.201 e. The Kier molecular flexibility index (Phi) is 4.52. The topological polar surface area (TPSA) is 62.5 Å². The molecule has 4 heteroatoms. The lowest BCUT2D eigenvalue weighted by molar-refractivity contribution is -0.111. The monoisotopic (exact) mass is 385 g/mol. The summed E-state index contributed by atoms with van der Waals surface area (Å²) >= 11 is 0. The number of fused-ring (bicyclic) bond motifs is 1. The molecule has 0 aliphatic heterocycles. The van der Waals surface area contributed by atoms with E-state index < -0.39 is 0 Å². The Morgan fingerprint density at radius 3 is 2.34 bits per heavy atom. The minimum absolute atomic E-state index is 0.0137. The zero-order valence-corrected chi connectivity index (χ0v) is 16.8. The number of nitrogens with zero attached hydrogens (tertiary/aromatic N) is 1. The molecule has 0 atom stereocenters. The summed E-state index contributed by atoms with van der Waals surface area (Å²) in [4.78, 5) is 13.3. The summed E-state index contributed by atoms with van der Waals surface area (Å²) in [6, 6.07) is 15.3. The van der Waals surface area contributed by atoms with Crippen molar-refractivity contribution in [3.05, 3.63) is 94.4 Å². The average molecular weight is 385 g/mol. The third-order valence-electron chi connectivity index (χ3n) is 5.64. The molecule has 29 heavy (non-hydrogen) atoms. The first-order valence-corrected chi connectivity index (χ1v) is 9.52. The van der Waals surface area contributed by atoms with Crippen molar-refractivity contribution in [2.75, 3.05) is 0 Å². The smallest absolute Gasteiger partial charge is 0.201 e. The van der Waals surface area contributed by atoms with Crippen LogP contribution in [-0.4, -0.2) is 20.6 Å². The van der Waals surface area contributed by atoms with E-state index in [9.17, 15) is 15.0 Å². The fourth-order valence-corrected chi connectivity index (χ4v) is 4.23. The van der Waals surface area contributed by atoms with Gasteiger partial charge in [-0.3, -0.25) is 4.79 Å². The summed E-state index contributed by atoms with van der Waals surface area (Å²) in [7, 11) is 0. The van der Waals surface area contributed by atoms with Crippen LogP contribution in [0, 0.1) is 13.8 Å². The van der Waals surface area contributed by atoms with Gasteiger partial charge in [0.05, 0.1) is 16.7 Å². The van der Waals surface area contributed by atoms with E-state index in [1.807, 2.05) is 69.3 Å². The van der Waals surface area contributed by atoms with Crippen molar-refractivity contribution in [3.8, 4) is 0 Å². The molecule has 0 bridgehead atoms. The van der Waals surface area contributed by atoms with Gasteiger partial charge >= 0.3 is 0 Å². The number of benzene rings is 2. The van der Waals surface area contributed by atoms with Gasteiger partial charge in [-0.15, -0.1) is 0 Å². The van der Waals surface area contributed by atoms with Gasteiger partial charge in [0.25, 0.3) is 0 Å². The van der Waals surface area contributed by atoms with Crippen LogP contribution >= 0.6 is 0 Å². The van der Waals surface area contributed by atoms with Crippen LogP contribution in [0.15, 0.2) is 72.0 Å². The SMILES string of the molecule is C=C(C)/C(=C1/C(=O)C(c2c(C)n(CO)c3ccccc23)=C1O)c1ccccc1C. The number of aliphatic hydroxyl groups excluding tert-OH is 2. The van der Waals surface area contributed by atoms with Gasteiger partial charge in [0.15, 0.2) is 0 Å². The fourth-order valence-electron chi connectivity index (χ4n) is 4.23. The highest BCUT2D eigenvalue weighted by atomic mass is 16.3. The number of para-hydroxylation sites is 1. The summed E-state index contributed by atoms with van der Waals surface area (Å²) in [6.07, 6.45) is 0. The van der Waals surface area contributed by atoms with E-state index >= 15 is 0 Å². The summed E-state index contributed by atoms with van der Waals surface area (Å²) in [5.41, 5.74) is 6.16. The molecule has 1 heterocycles. The third-order valence-corrected chi connectivity index (χ3v) is 5.64. The number of aryl methyl sites for hydroxylation is 1. The van der Waals surface area contributed by atoms with E-state index in [0.29, 0.717) is 22.3 Å². The highest BCUT2D eigenvalue weighted by Crippen LogP contribution is 2.46. The van der Waals surface area contributed by atoms with Crippen LogP contribution in [0.3, 0.4) is 0 Å². The number of hydrogen-bond acceptors (Lipinski definition) is 3. The molecule has 1 aliphatic rings. The number of allylic oxidation sites excluding steroid dienone is 4. The molecule has 0 fully saturated rings. The Hall–Kier alpha value is -3.37. The molecular weight excluding hydrogens is 362 g/mol. The van der Waals surface area contributed by atoms with Crippen molar-refractivity contribution in [3.63, 3.8) is 0 Å². The Morgan fingerprint density at radius 1 is 1.07 bits per heavy atom. The van der Waals surface area contributed by atoms with Gasteiger partial charge in [0, 0.05) is 16.6 Å². The number of Topliss-reactive ketones (excluding diaryl/α,β-unsaturated/α-hetero) is 1. The van der Waals surface area contributed by atoms with Gasteiger partial charge in [0.2, 0.25) is 5.78 Å². The maximum atomic E-state index is 13.3. The lowest BCUT2D eigenvalue weighted by Gasteiger charge is -2.26. The lowest BCUT2D eigenvalue weighted by atomic mass is 9.76. The molecule has 146 valence electrons. The van der Waals surface area contributed by atoms with Crippen LogP contribution in [0.4, 0.5) is 0 Å². The van der Waals surface area contributed by atoms with Crippen molar-refractivity contribution < 1.29 is 15.0 Å². The van der Waals surface area contributed by atoms with Gasteiger partial charge in [0.1, 0.15) is 12.5 Å². The molecule has 0 radical (unpaired) electrons. The predicted octanol–water partition coefficient (Wildman–Crippen LogP) is 5.09. The number of carbonyl (C=O) groups is 1. The highest BCUT2D eigenvalue weighted by molar-refractivity contribution is 6.43. The van der Waals surface area contributed by atoms with Crippen molar-refractivity contribution in [2.45, 2.75) is 27.5 Å². The first-order chi connectivity index (χ1) is 13.9. The van der Waals surface area contributed by atoms with E-state index in [4.69, 9.17) is 0 Å². The molecule has 1 aromatic heterocycles. The summed E-state index contributed by atoms with van der Waals surface area (Å²) in [6.45, 7) is 9.52. The molecule has 0 saturated heterocycles. The number of aromatic nitrogens is 1. The third kappa shape index (κ3) is 2.68. The summed E-state index contributed by atoms with van der Waals surface area (Å²) in [5.74, 6) is -0.215. The average Bonchev–Trinajstić information content (AvgIpc) is 2.98. The Balaban J connectivity index is 2.00. The zero-order chi connectivity index (χ0) is 20.9. The van der Waals surface area contributed by atoms with E-state index in [-0.39, 0.29) is 18.3 Å². The predicted molar refractivity (Wildman–Crippen MR) is 116 cm³/mol. The zero-order valence-electron chi connectivity index (χ0n) is 16.8. The van der Waals surface area contributed by atoms with Gasteiger partial charge in [-0.25, -0.2) is 0 Å². The van der Waals surface area contributed by atoms with Crippen LogP contribution in [0.1, 0.15) is 29.3 Å². The standard InChI is InChI=1S/C25H23NO3/c1-14(2)20(17-10-6-5-9-15(17)3)22-24(28)23(25(22)29)21-16(4)26(13-27)19-12-8-7-11-18(19)21/h5-12,27-28H,1,13H2,2-4H3/b22-20-. The number of rotatable bonds is 4. The van der Waals surface area contributed by atoms with Crippen LogP contribution in [0.2, 0.25) is 0 Å². The van der Waals surface area contributed by atoms with Crippen molar-refractivity contribution in [2.24, 2.45) is 0 Å². The molecule has 0 amide bonds.